The summed E-state index contributed by atoms with van der Waals surface area (Å²) >= 11 is 0. The zero-order chi connectivity index (χ0) is 22.7. The maximum Gasteiger partial charge on any atom is 0.338 e. The molecule has 0 radical (unpaired) electrons. The number of ether oxygens (including phenoxy) is 1. The van der Waals surface area contributed by atoms with Crippen LogP contribution >= 0.6 is 0 Å². The SMILES string of the molecule is Cc1ccc(N(C(=O)c2ccccc2)[C@@H]2CS(=O)(=O)C[C@@H]2OC(=O)c2ccccc2)cc1. The lowest BCUT2D eigenvalue weighted by Gasteiger charge is -2.32. The Morgan fingerprint density at radius 2 is 1.38 bits per heavy atom. The van der Waals surface area contributed by atoms with Gasteiger partial charge in [0.15, 0.2) is 9.84 Å². The molecular formula is C25H23NO5S. The molecule has 3 aromatic rings. The van der Waals surface area contributed by atoms with E-state index in [1.807, 2.05) is 19.1 Å². The van der Waals surface area contributed by atoms with Crippen molar-refractivity contribution < 1.29 is 22.7 Å². The van der Waals surface area contributed by atoms with Crippen molar-refractivity contribution in [1.29, 1.82) is 0 Å². The Hall–Kier alpha value is -3.45. The smallest absolute Gasteiger partial charge is 0.338 e. The van der Waals surface area contributed by atoms with Crippen molar-refractivity contribution in [3.8, 4) is 0 Å². The molecule has 0 N–H and O–H groups in total. The van der Waals surface area contributed by atoms with E-state index < -0.39 is 28.0 Å². The highest BCUT2D eigenvalue weighted by molar-refractivity contribution is 7.91. The number of hydrogen-bond donors (Lipinski definition) is 0. The predicted molar refractivity (Wildman–Crippen MR) is 123 cm³/mol. The zero-order valence-electron chi connectivity index (χ0n) is 17.5. The molecule has 3 aromatic carbocycles. The molecule has 1 aliphatic rings. The molecule has 4 rings (SSSR count). The van der Waals surface area contributed by atoms with E-state index >= 15 is 0 Å². The van der Waals surface area contributed by atoms with E-state index in [2.05, 4.69) is 0 Å². The normalized spacial score (nSPS) is 19.3. The van der Waals surface area contributed by atoms with Crippen molar-refractivity contribution in [2.75, 3.05) is 16.4 Å². The molecule has 1 heterocycles. The summed E-state index contributed by atoms with van der Waals surface area (Å²) in [5.41, 5.74) is 2.30. The second-order valence-corrected chi connectivity index (χ2v) is 9.98. The minimum Gasteiger partial charge on any atom is -0.455 e. The number of aryl methyl sites for hydroxylation is 1. The second-order valence-electron chi connectivity index (χ2n) is 7.83. The summed E-state index contributed by atoms with van der Waals surface area (Å²) < 4.78 is 30.8. The fraction of sp³-hybridized carbons (Fsp3) is 0.200. The number of nitrogens with zero attached hydrogens (tertiary/aromatic N) is 1. The molecule has 0 unspecified atom stereocenters. The van der Waals surface area contributed by atoms with E-state index in [0.717, 1.165) is 5.56 Å². The van der Waals surface area contributed by atoms with Crippen LogP contribution in [0.1, 0.15) is 26.3 Å². The number of rotatable bonds is 5. The van der Waals surface area contributed by atoms with E-state index in [-0.39, 0.29) is 17.4 Å². The number of amides is 1. The van der Waals surface area contributed by atoms with Gasteiger partial charge in [0, 0.05) is 11.3 Å². The highest BCUT2D eigenvalue weighted by Gasteiger charge is 2.46. The van der Waals surface area contributed by atoms with Gasteiger partial charge in [-0.05, 0) is 43.3 Å². The lowest BCUT2D eigenvalue weighted by molar-refractivity contribution is 0.0314. The van der Waals surface area contributed by atoms with Gasteiger partial charge in [0.25, 0.3) is 5.91 Å². The Labute approximate surface area is 187 Å². The lowest BCUT2D eigenvalue weighted by Crippen LogP contribution is -2.48. The quantitative estimate of drug-likeness (QED) is 0.556. The fourth-order valence-electron chi connectivity index (χ4n) is 3.81. The van der Waals surface area contributed by atoms with Gasteiger partial charge in [-0.15, -0.1) is 0 Å². The van der Waals surface area contributed by atoms with Gasteiger partial charge < -0.3 is 9.64 Å². The number of benzene rings is 3. The highest BCUT2D eigenvalue weighted by Crippen LogP contribution is 2.29. The van der Waals surface area contributed by atoms with Gasteiger partial charge in [0.2, 0.25) is 0 Å². The summed E-state index contributed by atoms with van der Waals surface area (Å²) in [5.74, 6) is -1.58. The van der Waals surface area contributed by atoms with Crippen molar-refractivity contribution >= 4 is 27.4 Å². The number of sulfone groups is 1. The lowest BCUT2D eigenvalue weighted by atomic mass is 10.1. The summed E-state index contributed by atoms with van der Waals surface area (Å²) in [7, 11) is -3.52. The standard InChI is InChI=1S/C25H23NO5S/c1-18-12-14-21(15-13-18)26(24(27)19-8-4-2-5-9-19)22-16-32(29,30)17-23(22)31-25(28)20-10-6-3-7-11-20/h2-15,22-23H,16-17H2,1H3/t22-,23+/m1/s1. The van der Waals surface area contributed by atoms with E-state index in [1.165, 1.54) is 4.90 Å². The second kappa shape index (κ2) is 8.96. The average Bonchev–Trinajstić information content (AvgIpc) is 3.09. The van der Waals surface area contributed by atoms with Gasteiger partial charge in [0.1, 0.15) is 6.10 Å². The summed E-state index contributed by atoms with van der Waals surface area (Å²) in [6, 6.07) is 23.5. The molecule has 7 heteroatoms. The topological polar surface area (TPSA) is 80.8 Å². The number of anilines is 1. The number of esters is 1. The molecule has 0 spiro atoms. The first kappa shape index (κ1) is 21.8. The van der Waals surface area contributed by atoms with Gasteiger partial charge in [-0.25, -0.2) is 13.2 Å². The Morgan fingerprint density at radius 1 is 0.812 bits per heavy atom. The molecule has 1 fully saturated rings. The number of hydrogen-bond acceptors (Lipinski definition) is 5. The molecule has 1 aliphatic heterocycles. The van der Waals surface area contributed by atoms with Crippen LogP contribution in [0.15, 0.2) is 84.9 Å². The van der Waals surface area contributed by atoms with Crippen LogP contribution in [0.5, 0.6) is 0 Å². The molecule has 0 bridgehead atoms. The molecule has 6 nitrogen and oxygen atoms in total. The van der Waals surface area contributed by atoms with Crippen LogP contribution in [0, 0.1) is 6.92 Å². The van der Waals surface area contributed by atoms with Crippen LogP contribution < -0.4 is 4.90 Å². The van der Waals surface area contributed by atoms with Crippen molar-refractivity contribution in [3.05, 3.63) is 102 Å². The summed E-state index contributed by atoms with van der Waals surface area (Å²) in [4.78, 5) is 27.6. The Kier molecular flexibility index (Phi) is 6.10. The van der Waals surface area contributed by atoms with Crippen LogP contribution in [0.4, 0.5) is 5.69 Å². The van der Waals surface area contributed by atoms with Gasteiger partial charge in [0.05, 0.1) is 23.1 Å². The van der Waals surface area contributed by atoms with Crippen LogP contribution in [0.25, 0.3) is 0 Å². The molecule has 32 heavy (non-hydrogen) atoms. The number of carbonyl (C=O) groups is 2. The first-order valence-electron chi connectivity index (χ1n) is 10.3. The molecule has 1 amide bonds. The summed E-state index contributed by atoms with van der Waals surface area (Å²) in [6.45, 7) is 1.93. The average molecular weight is 450 g/mol. The van der Waals surface area contributed by atoms with Crippen LogP contribution in [0.2, 0.25) is 0 Å². The molecule has 2 atom stereocenters. The van der Waals surface area contributed by atoms with E-state index in [1.54, 1.807) is 72.8 Å². The van der Waals surface area contributed by atoms with Gasteiger partial charge in [-0.1, -0.05) is 54.1 Å². The minimum absolute atomic E-state index is 0.286. The molecular weight excluding hydrogens is 426 g/mol. The van der Waals surface area contributed by atoms with Crippen molar-refractivity contribution in [1.82, 2.24) is 0 Å². The number of carbonyl (C=O) groups excluding carboxylic acids is 2. The molecule has 0 aromatic heterocycles. The predicted octanol–water partition coefficient (Wildman–Crippen LogP) is 3.66. The van der Waals surface area contributed by atoms with Crippen LogP contribution in [-0.4, -0.2) is 43.9 Å². The first-order valence-corrected chi connectivity index (χ1v) is 12.1. The van der Waals surface area contributed by atoms with E-state index in [0.29, 0.717) is 16.8 Å². The monoisotopic (exact) mass is 449 g/mol. The molecule has 1 saturated heterocycles. The summed E-state index contributed by atoms with van der Waals surface area (Å²) in [6.07, 6.45) is -0.985. The van der Waals surface area contributed by atoms with Crippen LogP contribution in [0.3, 0.4) is 0 Å². The maximum absolute atomic E-state index is 13.5. The molecule has 0 aliphatic carbocycles. The molecule has 164 valence electrons. The maximum atomic E-state index is 13.5. The van der Waals surface area contributed by atoms with Crippen molar-refractivity contribution in [2.45, 2.75) is 19.1 Å². The zero-order valence-corrected chi connectivity index (χ0v) is 18.4. The van der Waals surface area contributed by atoms with Crippen molar-refractivity contribution in [3.63, 3.8) is 0 Å². The fourth-order valence-corrected chi connectivity index (χ4v) is 5.63. The minimum atomic E-state index is -3.52. The highest BCUT2D eigenvalue weighted by atomic mass is 32.2. The Bertz CT molecular complexity index is 1210. The van der Waals surface area contributed by atoms with Gasteiger partial charge >= 0.3 is 5.97 Å². The van der Waals surface area contributed by atoms with Crippen molar-refractivity contribution in [2.24, 2.45) is 0 Å². The van der Waals surface area contributed by atoms with E-state index in [9.17, 15) is 18.0 Å². The summed E-state index contributed by atoms with van der Waals surface area (Å²) in [5, 5.41) is 0. The third-order valence-corrected chi connectivity index (χ3v) is 7.11. The Balaban J connectivity index is 1.72. The van der Waals surface area contributed by atoms with E-state index in [4.69, 9.17) is 4.74 Å². The third kappa shape index (κ3) is 4.73. The molecule has 0 saturated carbocycles. The first-order chi connectivity index (χ1) is 15.3. The van der Waals surface area contributed by atoms with Crippen LogP contribution in [-0.2, 0) is 14.6 Å². The third-order valence-electron chi connectivity index (χ3n) is 5.42. The largest absolute Gasteiger partial charge is 0.455 e. The van der Waals surface area contributed by atoms with Gasteiger partial charge in [-0.2, -0.15) is 0 Å². The van der Waals surface area contributed by atoms with Gasteiger partial charge in [-0.3, -0.25) is 4.79 Å². The Morgan fingerprint density at radius 3 is 1.97 bits per heavy atom.